The number of hydrogen-bond acceptors (Lipinski definition) is 3. The van der Waals surface area contributed by atoms with Crippen LogP contribution in [0.2, 0.25) is 0 Å². The third kappa shape index (κ3) is 5.43. The maximum Gasteiger partial charge on any atom is 0.410 e. The van der Waals surface area contributed by atoms with Gasteiger partial charge in [0.2, 0.25) is 0 Å². The number of amides is 1. The van der Waals surface area contributed by atoms with Gasteiger partial charge >= 0.3 is 18.2 Å². The Kier molecular flexibility index (Phi) is 5.11. The van der Waals surface area contributed by atoms with Crippen molar-refractivity contribution >= 4 is 12.1 Å². The highest BCUT2D eigenvalue weighted by Gasteiger charge is 2.49. The zero-order chi connectivity index (χ0) is 16.4. The summed E-state index contributed by atoms with van der Waals surface area (Å²) in [6.07, 6.45) is -6.05. The number of aliphatic carboxylic acids is 1. The van der Waals surface area contributed by atoms with Gasteiger partial charge in [-0.3, -0.25) is 9.69 Å². The summed E-state index contributed by atoms with van der Waals surface area (Å²) in [6, 6.07) is -1.92. The highest BCUT2D eigenvalue weighted by Crippen LogP contribution is 2.35. The number of halogens is 3. The van der Waals surface area contributed by atoms with E-state index in [0.717, 1.165) is 0 Å². The minimum Gasteiger partial charge on any atom is -0.481 e. The molecule has 1 N–H and O–H groups in total. The lowest BCUT2D eigenvalue weighted by Crippen LogP contribution is -2.54. The van der Waals surface area contributed by atoms with Crippen molar-refractivity contribution in [2.45, 2.75) is 57.9 Å². The molecule has 0 aromatic carbocycles. The van der Waals surface area contributed by atoms with Crippen molar-refractivity contribution in [2.24, 2.45) is 5.92 Å². The van der Waals surface area contributed by atoms with E-state index in [4.69, 9.17) is 9.84 Å². The average molecular weight is 311 g/mol. The van der Waals surface area contributed by atoms with Gasteiger partial charge in [-0.2, -0.15) is 13.2 Å². The molecular weight excluding hydrogens is 291 g/mol. The molecule has 0 radical (unpaired) electrons. The number of carboxylic acid groups (broad SMARTS) is 1. The zero-order valence-corrected chi connectivity index (χ0v) is 12.2. The van der Waals surface area contributed by atoms with Gasteiger partial charge in [-0.25, -0.2) is 4.79 Å². The molecule has 0 spiro atoms. The van der Waals surface area contributed by atoms with Gasteiger partial charge in [0.15, 0.2) is 0 Å². The molecule has 2 atom stereocenters. The number of hydrogen-bond donors (Lipinski definition) is 1. The summed E-state index contributed by atoms with van der Waals surface area (Å²) >= 11 is 0. The van der Waals surface area contributed by atoms with Crippen LogP contribution in [0.15, 0.2) is 0 Å². The number of nitrogens with zero attached hydrogens (tertiary/aromatic N) is 1. The summed E-state index contributed by atoms with van der Waals surface area (Å²) in [4.78, 5) is 23.3. The van der Waals surface area contributed by atoms with Crippen LogP contribution in [0.5, 0.6) is 0 Å². The Balaban J connectivity index is 2.88. The Morgan fingerprint density at radius 3 is 2.24 bits per heavy atom. The van der Waals surface area contributed by atoms with Crippen LogP contribution in [0, 0.1) is 5.92 Å². The molecule has 8 heteroatoms. The van der Waals surface area contributed by atoms with Gasteiger partial charge in [-0.15, -0.1) is 0 Å². The minimum atomic E-state index is -4.55. The van der Waals surface area contributed by atoms with E-state index in [1.54, 1.807) is 20.8 Å². The number of piperidine rings is 1. The van der Waals surface area contributed by atoms with Gasteiger partial charge < -0.3 is 9.84 Å². The van der Waals surface area contributed by atoms with E-state index in [-0.39, 0.29) is 25.8 Å². The molecule has 0 aromatic rings. The zero-order valence-electron chi connectivity index (χ0n) is 12.2. The van der Waals surface area contributed by atoms with Crippen LogP contribution >= 0.6 is 0 Å². The first kappa shape index (κ1) is 17.6. The number of likely N-dealkylation sites (tertiary alicyclic amines) is 1. The number of alkyl halides is 3. The van der Waals surface area contributed by atoms with E-state index in [1.165, 1.54) is 0 Å². The third-order valence-electron chi connectivity index (χ3n) is 3.15. The first-order valence-corrected chi connectivity index (χ1v) is 6.68. The summed E-state index contributed by atoms with van der Waals surface area (Å²) in [6.45, 7) is 4.43. The van der Waals surface area contributed by atoms with Crippen molar-refractivity contribution in [3.8, 4) is 0 Å². The van der Waals surface area contributed by atoms with E-state index in [1.807, 2.05) is 0 Å². The molecule has 1 rings (SSSR count). The maximum atomic E-state index is 13.0. The molecule has 0 aliphatic carbocycles. The van der Waals surface area contributed by atoms with Crippen LogP contribution < -0.4 is 0 Å². The number of carboxylic acids is 1. The molecular formula is C13H20F3NO4. The molecule has 1 amide bonds. The van der Waals surface area contributed by atoms with Gasteiger partial charge in [0, 0.05) is 13.0 Å². The van der Waals surface area contributed by atoms with Crippen molar-refractivity contribution < 1.29 is 32.6 Å². The molecule has 5 nitrogen and oxygen atoms in total. The van der Waals surface area contributed by atoms with Crippen molar-refractivity contribution in [1.82, 2.24) is 4.90 Å². The molecule has 1 heterocycles. The van der Waals surface area contributed by atoms with Gasteiger partial charge in [0.1, 0.15) is 11.6 Å². The Labute approximate surface area is 121 Å². The second-order valence-electron chi connectivity index (χ2n) is 6.23. The maximum absolute atomic E-state index is 13.0. The Morgan fingerprint density at radius 2 is 1.81 bits per heavy atom. The molecule has 0 unspecified atom stereocenters. The Hall–Kier alpha value is -1.47. The Bertz CT molecular complexity index is 403. The second-order valence-corrected chi connectivity index (χ2v) is 6.23. The number of carbonyl (C=O) groups is 2. The summed E-state index contributed by atoms with van der Waals surface area (Å²) in [5.74, 6) is -1.58. The van der Waals surface area contributed by atoms with Crippen molar-refractivity contribution in [3.63, 3.8) is 0 Å². The number of rotatable bonds is 2. The van der Waals surface area contributed by atoms with E-state index < -0.39 is 35.8 Å². The van der Waals surface area contributed by atoms with Crippen LogP contribution in [0.25, 0.3) is 0 Å². The molecule has 0 saturated carbocycles. The van der Waals surface area contributed by atoms with Gasteiger partial charge in [0.05, 0.1) is 0 Å². The summed E-state index contributed by atoms with van der Waals surface area (Å²) in [5.41, 5.74) is -0.910. The minimum absolute atomic E-state index is 0.121. The lowest BCUT2D eigenvalue weighted by molar-refractivity contribution is -0.191. The lowest BCUT2D eigenvalue weighted by atomic mass is 9.90. The van der Waals surface area contributed by atoms with E-state index in [0.29, 0.717) is 4.90 Å². The number of ether oxygens (including phenoxy) is 1. The molecule has 0 aromatic heterocycles. The van der Waals surface area contributed by atoms with Crippen molar-refractivity contribution in [1.29, 1.82) is 0 Å². The highest BCUT2D eigenvalue weighted by molar-refractivity contribution is 5.70. The van der Waals surface area contributed by atoms with E-state index in [2.05, 4.69) is 0 Å². The molecule has 1 fully saturated rings. The van der Waals surface area contributed by atoms with E-state index >= 15 is 0 Å². The molecule has 122 valence electrons. The second kappa shape index (κ2) is 6.11. The largest absolute Gasteiger partial charge is 0.481 e. The molecule has 1 aliphatic rings. The van der Waals surface area contributed by atoms with Crippen LogP contribution in [-0.4, -0.2) is 46.4 Å². The van der Waals surface area contributed by atoms with Gasteiger partial charge in [-0.05, 0) is 39.5 Å². The van der Waals surface area contributed by atoms with Gasteiger partial charge in [0.25, 0.3) is 0 Å². The molecule has 1 aliphatic heterocycles. The predicted octanol–water partition coefficient (Wildman–Crippen LogP) is 3.04. The first-order chi connectivity index (χ1) is 9.40. The third-order valence-corrected chi connectivity index (χ3v) is 3.15. The normalized spacial score (nSPS) is 23.8. The quantitative estimate of drug-likeness (QED) is 0.851. The fraction of sp³-hybridized carbons (Fsp3) is 0.846. The average Bonchev–Trinajstić information content (AvgIpc) is 2.24. The van der Waals surface area contributed by atoms with Crippen molar-refractivity contribution in [3.05, 3.63) is 0 Å². The Morgan fingerprint density at radius 1 is 1.24 bits per heavy atom. The fourth-order valence-corrected chi connectivity index (χ4v) is 2.32. The topological polar surface area (TPSA) is 66.8 Å². The van der Waals surface area contributed by atoms with E-state index in [9.17, 15) is 22.8 Å². The monoisotopic (exact) mass is 311 g/mol. The predicted molar refractivity (Wildman–Crippen MR) is 67.8 cm³/mol. The van der Waals surface area contributed by atoms with Gasteiger partial charge in [-0.1, -0.05) is 0 Å². The summed E-state index contributed by atoms with van der Waals surface area (Å²) in [7, 11) is 0. The molecule has 0 bridgehead atoms. The summed E-state index contributed by atoms with van der Waals surface area (Å²) in [5, 5.41) is 8.75. The first-order valence-electron chi connectivity index (χ1n) is 6.68. The van der Waals surface area contributed by atoms with Crippen molar-refractivity contribution in [2.75, 3.05) is 6.54 Å². The number of carbonyl (C=O) groups excluding carboxylic acids is 1. The highest BCUT2D eigenvalue weighted by atomic mass is 19.4. The summed E-state index contributed by atoms with van der Waals surface area (Å²) < 4.78 is 44.0. The smallest absolute Gasteiger partial charge is 0.410 e. The lowest BCUT2D eigenvalue weighted by Gasteiger charge is -2.40. The fourth-order valence-electron chi connectivity index (χ4n) is 2.32. The van der Waals surface area contributed by atoms with Crippen LogP contribution in [0.3, 0.4) is 0 Å². The molecule has 21 heavy (non-hydrogen) atoms. The SMILES string of the molecule is CC(C)(C)OC(=O)N1C[C@@H](CC(=O)O)CC[C@@H]1C(F)(F)F. The molecule has 1 saturated heterocycles. The van der Waals surface area contributed by atoms with Crippen LogP contribution in [-0.2, 0) is 9.53 Å². The standard InChI is InChI=1S/C13H20F3NO4/c1-12(2,3)21-11(20)17-7-8(6-10(18)19)4-5-9(17)13(14,15)16/h8-9H,4-7H2,1-3H3,(H,18,19)/t8-,9-/m1/s1. The van der Waals surface area contributed by atoms with Crippen LogP contribution in [0.1, 0.15) is 40.0 Å². The van der Waals surface area contributed by atoms with Crippen LogP contribution in [0.4, 0.5) is 18.0 Å².